The normalized spacial score (nSPS) is 3.27. The minimum Gasteiger partial charge on any atom is -0.168 e. The molecule has 11 heavy (non-hydrogen) atoms. The molecule has 0 saturated carbocycles. The topological polar surface area (TPSA) is 102 Å². The first kappa shape index (κ1) is 30.2. The quantitative estimate of drug-likeness (QED) is 0.433. The first-order valence-corrected chi connectivity index (χ1v) is 3.00. The van der Waals surface area contributed by atoms with E-state index < -0.39 is 34.7 Å². The SMILES string of the molecule is C.O=S=O.O=S=O.O=S=O.[Bi+3]. The fourth-order valence-corrected chi connectivity index (χ4v) is 0. The van der Waals surface area contributed by atoms with Crippen molar-refractivity contribution in [1.82, 2.24) is 0 Å². The Bertz CT molecular complexity index is 109. The molecule has 0 saturated heterocycles. The van der Waals surface area contributed by atoms with Crippen LogP contribution in [0.3, 0.4) is 0 Å². The van der Waals surface area contributed by atoms with Gasteiger partial charge in [0.15, 0.2) is 0 Å². The summed E-state index contributed by atoms with van der Waals surface area (Å²) in [6.07, 6.45) is 0. The van der Waals surface area contributed by atoms with Gasteiger partial charge in [-0.05, 0) is 0 Å². The molecule has 0 rings (SSSR count). The maximum atomic E-state index is 8.29. The maximum Gasteiger partial charge on any atom is 3.00 e. The Balaban J connectivity index is -0.0000000150. The molecule has 0 spiro atoms. The molecule has 64 valence electrons. The van der Waals surface area contributed by atoms with Crippen molar-refractivity contribution in [2.24, 2.45) is 0 Å². The van der Waals surface area contributed by atoms with Gasteiger partial charge in [-0.25, -0.2) is 0 Å². The van der Waals surface area contributed by atoms with E-state index in [1.165, 1.54) is 0 Å². The van der Waals surface area contributed by atoms with Crippen LogP contribution in [0.2, 0.25) is 0 Å². The molecule has 10 heteroatoms. The molecule has 0 bridgehead atoms. The van der Waals surface area contributed by atoms with Crippen LogP contribution >= 0.6 is 0 Å². The van der Waals surface area contributed by atoms with Crippen molar-refractivity contribution in [3.8, 4) is 0 Å². The molecule has 0 N–H and O–H groups in total. The van der Waals surface area contributed by atoms with Gasteiger partial charge >= 0.3 is 60.9 Å². The first-order chi connectivity index (χ1) is 4.24. The van der Waals surface area contributed by atoms with Crippen LogP contribution in [0, 0.1) is 0 Å². The van der Waals surface area contributed by atoms with Gasteiger partial charge in [0.1, 0.15) is 0 Å². The minimum absolute atomic E-state index is 0. The standard InChI is InChI=1S/CH4.Bi.3O2S/c;;3*1-3-2/h1H4;;;;/q;+3;;;. The molecule has 0 unspecified atom stereocenters. The van der Waals surface area contributed by atoms with Crippen LogP contribution in [0.15, 0.2) is 0 Å². The number of hydrogen-bond acceptors (Lipinski definition) is 6. The van der Waals surface area contributed by atoms with Crippen LogP contribution in [0.1, 0.15) is 7.43 Å². The molecule has 0 aromatic carbocycles. The smallest absolute Gasteiger partial charge is 0.168 e. The van der Waals surface area contributed by atoms with Crippen molar-refractivity contribution in [2.75, 3.05) is 0 Å². The van der Waals surface area contributed by atoms with E-state index in [0.29, 0.717) is 0 Å². The van der Waals surface area contributed by atoms with E-state index in [1.807, 2.05) is 0 Å². The Labute approximate surface area is 93.1 Å². The van der Waals surface area contributed by atoms with Gasteiger partial charge < -0.3 is 0 Å². The maximum absolute atomic E-state index is 8.29. The second kappa shape index (κ2) is 80.8. The molecule has 0 fully saturated rings. The molecule has 0 aromatic rings. The molecule has 0 aromatic heterocycles. The second-order valence-electron chi connectivity index (χ2n) is 0.204. The van der Waals surface area contributed by atoms with E-state index in [4.69, 9.17) is 25.3 Å². The van der Waals surface area contributed by atoms with Crippen LogP contribution in [0.25, 0.3) is 0 Å². The summed E-state index contributed by atoms with van der Waals surface area (Å²) in [6.45, 7) is 0. The molecule has 0 heterocycles. The van der Waals surface area contributed by atoms with Crippen molar-refractivity contribution >= 4 is 60.9 Å². The van der Waals surface area contributed by atoms with Crippen LogP contribution in [-0.4, -0.2) is 51.5 Å². The fourth-order valence-electron chi connectivity index (χ4n) is 0. The molecule has 0 atom stereocenters. The molecular formula is CH4BiO6S3+3. The Morgan fingerprint density at radius 3 is 0.545 bits per heavy atom. The summed E-state index contributed by atoms with van der Waals surface area (Å²) in [7, 11) is 0. The van der Waals surface area contributed by atoms with E-state index in [-0.39, 0.29) is 33.6 Å². The average Bonchev–Trinajstić information content (AvgIpc) is 1.70. The zero-order valence-corrected chi connectivity index (χ0v) is 10.0. The van der Waals surface area contributed by atoms with E-state index in [2.05, 4.69) is 0 Å². The Morgan fingerprint density at radius 2 is 0.545 bits per heavy atom. The zero-order valence-electron chi connectivity index (χ0n) is 4.12. The Morgan fingerprint density at radius 1 is 0.545 bits per heavy atom. The summed E-state index contributed by atoms with van der Waals surface area (Å²) in [5, 5.41) is 0. The van der Waals surface area contributed by atoms with Gasteiger partial charge in [0.2, 0.25) is 0 Å². The summed E-state index contributed by atoms with van der Waals surface area (Å²) in [5.74, 6) is 0. The summed E-state index contributed by atoms with van der Waals surface area (Å²) in [5.41, 5.74) is 0. The summed E-state index contributed by atoms with van der Waals surface area (Å²) < 4.78 is 49.7. The first-order valence-electron chi connectivity index (χ1n) is 1.00. The van der Waals surface area contributed by atoms with Crippen molar-refractivity contribution in [3.05, 3.63) is 0 Å². The van der Waals surface area contributed by atoms with Gasteiger partial charge in [-0.15, -0.1) is 0 Å². The van der Waals surface area contributed by atoms with E-state index in [9.17, 15) is 0 Å². The third-order valence-corrected chi connectivity index (χ3v) is 0. The summed E-state index contributed by atoms with van der Waals surface area (Å²) in [6, 6.07) is 0. The third kappa shape index (κ3) is 6120. The van der Waals surface area contributed by atoms with Gasteiger partial charge in [0.25, 0.3) is 0 Å². The fraction of sp³-hybridized carbons (Fsp3) is 1.00. The van der Waals surface area contributed by atoms with Crippen LogP contribution in [0.5, 0.6) is 0 Å². The van der Waals surface area contributed by atoms with Gasteiger partial charge in [-0.2, -0.15) is 25.3 Å². The van der Waals surface area contributed by atoms with E-state index in [0.717, 1.165) is 0 Å². The number of hydrogen-bond donors (Lipinski definition) is 0. The van der Waals surface area contributed by atoms with E-state index >= 15 is 0 Å². The second-order valence-corrected chi connectivity index (χ2v) is 0.612. The monoisotopic (exact) mass is 417 g/mol. The van der Waals surface area contributed by atoms with Gasteiger partial charge in [-0.1, -0.05) is 7.43 Å². The molecular weight excluding hydrogens is 413 g/mol. The van der Waals surface area contributed by atoms with Crippen molar-refractivity contribution in [2.45, 2.75) is 7.43 Å². The molecule has 2 radical (unpaired) electrons. The van der Waals surface area contributed by atoms with Crippen LogP contribution in [-0.2, 0) is 34.7 Å². The molecule has 0 amide bonds. The Kier molecular flexibility index (Phi) is 221. The van der Waals surface area contributed by atoms with Gasteiger partial charge in [0.05, 0.1) is 0 Å². The molecule has 0 aliphatic carbocycles. The van der Waals surface area contributed by atoms with Gasteiger partial charge in [-0.3, -0.25) is 0 Å². The van der Waals surface area contributed by atoms with E-state index in [1.54, 1.807) is 0 Å². The third-order valence-electron chi connectivity index (χ3n) is 0. The predicted molar refractivity (Wildman–Crippen MR) is 39.2 cm³/mol. The van der Waals surface area contributed by atoms with Crippen molar-refractivity contribution in [1.29, 1.82) is 0 Å². The van der Waals surface area contributed by atoms with Crippen LogP contribution in [0.4, 0.5) is 0 Å². The summed E-state index contributed by atoms with van der Waals surface area (Å²) in [4.78, 5) is 0. The largest absolute Gasteiger partial charge is 3.00 e. The summed E-state index contributed by atoms with van der Waals surface area (Å²) >= 11 is -2.25. The van der Waals surface area contributed by atoms with Crippen molar-refractivity contribution < 1.29 is 25.3 Å². The molecule has 0 aliphatic heterocycles. The number of rotatable bonds is 0. The predicted octanol–water partition coefficient (Wildman–Crippen LogP) is -1.76. The van der Waals surface area contributed by atoms with Gasteiger partial charge in [0, 0.05) is 0 Å². The zero-order chi connectivity index (χ0) is 8.12. The van der Waals surface area contributed by atoms with Crippen molar-refractivity contribution in [3.63, 3.8) is 0 Å². The minimum atomic E-state index is -0.750. The average molecular weight is 417 g/mol. The molecule has 0 aliphatic rings. The van der Waals surface area contributed by atoms with Crippen LogP contribution < -0.4 is 0 Å². The molecule has 6 nitrogen and oxygen atoms in total. The Hall–Kier alpha value is 0.343.